The zero-order valence-corrected chi connectivity index (χ0v) is 13.8. The normalized spacial score (nSPS) is 11.8. The highest BCUT2D eigenvalue weighted by atomic mass is 79.9. The average molecular weight is 349 g/mol. The van der Waals surface area contributed by atoms with E-state index in [1.165, 1.54) is 0 Å². The Kier molecular flexibility index (Phi) is 4.90. The quantitative estimate of drug-likeness (QED) is 0.918. The Bertz CT molecular complexity index is 633. The molecule has 1 N–H and O–H groups in total. The number of hydrogen-bond acceptors (Lipinski definition) is 3. The van der Waals surface area contributed by atoms with Gasteiger partial charge in [0, 0.05) is 17.7 Å². The van der Waals surface area contributed by atoms with Crippen LogP contribution >= 0.6 is 15.9 Å². The lowest BCUT2D eigenvalue weighted by Gasteiger charge is -2.24. The predicted octanol–water partition coefficient (Wildman–Crippen LogP) is 3.77. The highest BCUT2D eigenvalue weighted by Crippen LogP contribution is 2.19. The molecule has 0 spiro atoms. The van der Waals surface area contributed by atoms with Crippen LogP contribution in [0.2, 0.25) is 0 Å². The molecule has 0 aromatic carbocycles. The highest BCUT2D eigenvalue weighted by molar-refractivity contribution is 9.10. The van der Waals surface area contributed by atoms with E-state index in [0.717, 1.165) is 15.9 Å². The first kappa shape index (κ1) is 15.4. The average Bonchev–Trinajstić information content (AvgIpc) is 2.50. The molecule has 2 aromatic rings. The van der Waals surface area contributed by atoms with Crippen LogP contribution in [0.15, 0.2) is 41.0 Å². The van der Waals surface area contributed by atoms with Crippen LogP contribution < -0.4 is 5.32 Å². The van der Waals surface area contributed by atoms with Crippen LogP contribution in [0.5, 0.6) is 0 Å². The molecule has 6 heteroatoms. The zero-order valence-electron chi connectivity index (χ0n) is 12.2. The van der Waals surface area contributed by atoms with Gasteiger partial charge in [-0.15, -0.1) is 0 Å². The predicted molar refractivity (Wildman–Crippen MR) is 86.1 cm³/mol. The molecule has 0 unspecified atom stereocenters. The van der Waals surface area contributed by atoms with Crippen LogP contribution in [0.1, 0.15) is 24.4 Å². The van der Waals surface area contributed by atoms with Crippen LogP contribution in [-0.2, 0) is 0 Å². The molecule has 0 saturated carbocycles. The summed E-state index contributed by atoms with van der Waals surface area (Å²) in [5.41, 5.74) is 1.67. The lowest BCUT2D eigenvalue weighted by atomic mass is 10.2. The van der Waals surface area contributed by atoms with Crippen molar-refractivity contribution in [3.05, 3.63) is 52.4 Å². The van der Waals surface area contributed by atoms with Gasteiger partial charge in [0.2, 0.25) is 0 Å². The van der Waals surface area contributed by atoms with Gasteiger partial charge in [0.15, 0.2) is 0 Å². The molecule has 0 bridgehead atoms. The maximum atomic E-state index is 12.3. The van der Waals surface area contributed by atoms with Crippen molar-refractivity contribution < 1.29 is 4.79 Å². The van der Waals surface area contributed by atoms with E-state index >= 15 is 0 Å². The number of nitrogens with one attached hydrogen (secondary N) is 1. The van der Waals surface area contributed by atoms with Gasteiger partial charge in [-0.2, -0.15) is 0 Å². The minimum Gasteiger partial charge on any atom is -0.319 e. The Morgan fingerprint density at radius 3 is 2.71 bits per heavy atom. The molecule has 2 amide bonds. The number of nitrogens with zero attached hydrogens (tertiary/aromatic N) is 3. The van der Waals surface area contributed by atoms with Crippen molar-refractivity contribution in [3.8, 4) is 0 Å². The molecule has 2 heterocycles. The lowest BCUT2D eigenvalue weighted by molar-refractivity contribution is 0.207. The van der Waals surface area contributed by atoms with Gasteiger partial charge in [-0.25, -0.2) is 9.78 Å². The highest BCUT2D eigenvalue weighted by Gasteiger charge is 2.18. The van der Waals surface area contributed by atoms with E-state index < -0.39 is 0 Å². The molecular formula is C15H17BrN4O. The van der Waals surface area contributed by atoms with E-state index in [-0.39, 0.29) is 12.1 Å². The van der Waals surface area contributed by atoms with Gasteiger partial charge in [0.05, 0.1) is 17.4 Å². The van der Waals surface area contributed by atoms with Crippen LogP contribution in [0.4, 0.5) is 10.6 Å². The molecule has 0 saturated heterocycles. The summed E-state index contributed by atoms with van der Waals surface area (Å²) in [6.45, 7) is 3.81. The number of rotatable bonds is 3. The first-order chi connectivity index (χ1) is 9.99. The molecule has 21 heavy (non-hydrogen) atoms. The molecule has 0 radical (unpaired) electrons. The second kappa shape index (κ2) is 6.67. The number of anilines is 1. The molecule has 0 fully saturated rings. The van der Waals surface area contributed by atoms with Gasteiger partial charge < -0.3 is 4.90 Å². The van der Waals surface area contributed by atoms with Gasteiger partial charge >= 0.3 is 6.03 Å². The minimum atomic E-state index is -0.220. The summed E-state index contributed by atoms with van der Waals surface area (Å²) in [5, 5.41) is 2.79. The second-order valence-electron chi connectivity index (χ2n) is 4.74. The summed E-state index contributed by atoms with van der Waals surface area (Å²) >= 11 is 3.38. The van der Waals surface area contributed by atoms with Gasteiger partial charge in [0.25, 0.3) is 0 Å². The Morgan fingerprint density at radius 1 is 1.33 bits per heavy atom. The third-order valence-corrected chi connectivity index (χ3v) is 4.11. The smallest absolute Gasteiger partial charge is 0.319 e. The number of amides is 2. The maximum absolute atomic E-state index is 12.3. The van der Waals surface area contributed by atoms with Crippen molar-refractivity contribution in [2.75, 3.05) is 12.4 Å². The number of hydrogen-bond donors (Lipinski definition) is 1. The Labute approximate surface area is 132 Å². The summed E-state index contributed by atoms with van der Waals surface area (Å²) in [6.07, 6.45) is 1.72. The van der Waals surface area contributed by atoms with E-state index in [0.29, 0.717) is 5.82 Å². The summed E-state index contributed by atoms with van der Waals surface area (Å²) < 4.78 is 0.913. The SMILES string of the molecule is Cc1nc(NC(=O)N(C)[C@@H](C)c2ccccn2)ccc1Br. The number of carbonyl (C=O) groups is 1. The number of carbonyl (C=O) groups excluding carboxylic acids is 1. The first-order valence-corrected chi connectivity index (χ1v) is 7.36. The first-order valence-electron chi connectivity index (χ1n) is 6.57. The van der Waals surface area contributed by atoms with Gasteiger partial charge in [-0.1, -0.05) is 6.07 Å². The number of aromatic nitrogens is 2. The van der Waals surface area contributed by atoms with Crippen molar-refractivity contribution >= 4 is 27.8 Å². The van der Waals surface area contributed by atoms with Crippen LogP contribution in [0, 0.1) is 6.92 Å². The van der Waals surface area contributed by atoms with E-state index in [4.69, 9.17) is 0 Å². The van der Waals surface area contributed by atoms with Gasteiger partial charge in [0.1, 0.15) is 5.82 Å². The van der Waals surface area contributed by atoms with Gasteiger partial charge in [-0.05, 0) is 54.0 Å². The number of pyridine rings is 2. The van der Waals surface area contributed by atoms with Crippen molar-refractivity contribution in [3.63, 3.8) is 0 Å². The Hall–Kier alpha value is -1.95. The molecule has 2 rings (SSSR count). The van der Waals surface area contributed by atoms with Crippen LogP contribution in [0.3, 0.4) is 0 Å². The molecule has 0 aliphatic heterocycles. The Morgan fingerprint density at radius 2 is 2.10 bits per heavy atom. The fraction of sp³-hybridized carbons (Fsp3) is 0.267. The summed E-state index contributed by atoms with van der Waals surface area (Å²) in [4.78, 5) is 22.4. The minimum absolute atomic E-state index is 0.122. The number of halogens is 1. The second-order valence-corrected chi connectivity index (χ2v) is 5.59. The summed E-state index contributed by atoms with van der Waals surface area (Å²) in [7, 11) is 1.74. The largest absolute Gasteiger partial charge is 0.323 e. The summed E-state index contributed by atoms with van der Waals surface area (Å²) in [6, 6.07) is 8.94. The molecule has 0 aliphatic rings. The third kappa shape index (κ3) is 3.78. The fourth-order valence-corrected chi connectivity index (χ4v) is 2.03. The molecule has 0 aliphatic carbocycles. The topological polar surface area (TPSA) is 58.1 Å². The van der Waals surface area contributed by atoms with E-state index in [1.807, 2.05) is 38.1 Å². The number of aryl methyl sites for hydroxylation is 1. The van der Waals surface area contributed by atoms with Crippen LogP contribution in [-0.4, -0.2) is 27.9 Å². The van der Waals surface area contributed by atoms with Crippen molar-refractivity contribution in [2.45, 2.75) is 19.9 Å². The molecule has 2 aromatic heterocycles. The maximum Gasteiger partial charge on any atom is 0.323 e. The fourth-order valence-electron chi connectivity index (χ4n) is 1.81. The standard InChI is InChI=1S/C15H17BrN4O/c1-10-12(16)7-8-14(18-10)19-15(21)20(3)11(2)13-6-4-5-9-17-13/h4-9,11H,1-3H3,(H,18,19,21)/t11-/m0/s1. The van der Waals surface area contributed by atoms with E-state index in [9.17, 15) is 4.79 Å². The molecular weight excluding hydrogens is 332 g/mol. The van der Waals surface area contributed by atoms with E-state index in [2.05, 4.69) is 31.2 Å². The monoisotopic (exact) mass is 348 g/mol. The molecule has 5 nitrogen and oxygen atoms in total. The van der Waals surface area contributed by atoms with Crippen molar-refractivity contribution in [2.24, 2.45) is 0 Å². The molecule has 1 atom stereocenters. The van der Waals surface area contributed by atoms with Crippen molar-refractivity contribution in [1.82, 2.24) is 14.9 Å². The summed E-state index contributed by atoms with van der Waals surface area (Å²) in [5.74, 6) is 0.528. The Balaban J connectivity index is 2.07. The molecule has 110 valence electrons. The number of urea groups is 1. The van der Waals surface area contributed by atoms with Crippen molar-refractivity contribution in [1.29, 1.82) is 0 Å². The van der Waals surface area contributed by atoms with Crippen LogP contribution in [0.25, 0.3) is 0 Å². The van der Waals surface area contributed by atoms with E-state index in [1.54, 1.807) is 24.2 Å². The van der Waals surface area contributed by atoms with Gasteiger partial charge in [-0.3, -0.25) is 10.3 Å². The lowest BCUT2D eigenvalue weighted by Crippen LogP contribution is -2.34. The third-order valence-electron chi connectivity index (χ3n) is 3.27. The zero-order chi connectivity index (χ0) is 15.4.